The minimum atomic E-state index is -3.80. The summed E-state index contributed by atoms with van der Waals surface area (Å²) >= 11 is 0. The molecule has 4 rings (SSSR count). The van der Waals surface area contributed by atoms with E-state index in [4.69, 9.17) is 4.74 Å². The maximum Gasteiger partial charge on any atom is 0.228 e. The van der Waals surface area contributed by atoms with Crippen LogP contribution in [-0.4, -0.2) is 48.0 Å². The van der Waals surface area contributed by atoms with Crippen molar-refractivity contribution in [3.8, 4) is 0 Å². The summed E-state index contributed by atoms with van der Waals surface area (Å²) in [7, 11) is -3.80. The first kappa shape index (κ1) is 25.8. The lowest BCUT2D eigenvalue weighted by molar-refractivity contribution is -0.136. The van der Waals surface area contributed by atoms with Gasteiger partial charge in [-0.1, -0.05) is 38.8 Å². The highest BCUT2D eigenvalue weighted by Crippen LogP contribution is 2.28. The summed E-state index contributed by atoms with van der Waals surface area (Å²) in [5.74, 6) is -0.199. The number of sulfone groups is 1. The topological polar surface area (TPSA) is 81.5 Å². The first-order chi connectivity index (χ1) is 16.7. The predicted molar refractivity (Wildman–Crippen MR) is 131 cm³/mol. The Morgan fingerprint density at radius 3 is 2.51 bits per heavy atom. The van der Waals surface area contributed by atoms with Gasteiger partial charge in [0, 0.05) is 19.1 Å². The third-order valence-corrected chi connectivity index (χ3v) is 8.41. The van der Waals surface area contributed by atoms with Crippen LogP contribution in [0.3, 0.4) is 0 Å². The molecule has 1 aromatic heterocycles. The molecule has 2 aliphatic rings. The zero-order valence-electron chi connectivity index (χ0n) is 20.7. The molecule has 0 N–H and O–H groups in total. The highest BCUT2D eigenvalue weighted by Gasteiger charge is 2.31. The molecule has 1 aliphatic carbocycles. The maximum absolute atomic E-state index is 13.4. The number of carbonyl (C=O) groups excluding carboxylic acids is 1. The second-order valence-corrected chi connectivity index (χ2v) is 12.1. The fourth-order valence-electron chi connectivity index (χ4n) is 5.12. The second kappa shape index (κ2) is 11.2. The summed E-state index contributed by atoms with van der Waals surface area (Å²) in [5, 5.41) is -0.0230. The number of amides is 1. The fraction of sp³-hybridized carbons (Fsp3) is 0.615. The van der Waals surface area contributed by atoms with E-state index in [-0.39, 0.29) is 34.8 Å². The van der Waals surface area contributed by atoms with Crippen LogP contribution in [0.15, 0.2) is 35.6 Å². The standard InChI is InChI=1S/C26H36FN3O4S/c1-19(2)15-29(25(31)21-6-3-4-7-21)16-23-14-28-26(30(23)17-24-8-5-13-34-24)35(32,33)18-20-9-11-22(27)12-10-20/h9-12,14,19,21,24H,3-8,13,15-18H2,1-2H3/t24-/m1/s1. The first-order valence-electron chi connectivity index (χ1n) is 12.6. The van der Waals surface area contributed by atoms with Gasteiger partial charge in [-0.05, 0) is 49.3 Å². The van der Waals surface area contributed by atoms with E-state index in [9.17, 15) is 17.6 Å². The molecule has 0 spiro atoms. The summed E-state index contributed by atoms with van der Waals surface area (Å²) in [4.78, 5) is 19.6. The van der Waals surface area contributed by atoms with Gasteiger partial charge in [-0.15, -0.1) is 0 Å². The lowest BCUT2D eigenvalue weighted by Crippen LogP contribution is -2.38. The summed E-state index contributed by atoms with van der Waals surface area (Å²) in [6.07, 6.45) is 7.27. The average molecular weight is 506 g/mol. The number of hydrogen-bond donors (Lipinski definition) is 0. The number of carbonyl (C=O) groups is 1. The molecule has 1 atom stereocenters. The summed E-state index contributed by atoms with van der Waals surface area (Å²) in [6.45, 7) is 6.12. The Morgan fingerprint density at radius 2 is 1.89 bits per heavy atom. The van der Waals surface area contributed by atoms with E-state index in [0.717, 1.165) is 38.5 Å². The SMILES string of the molecule is CC(C)CN(Cc1cnc(S(=O)(=O)Cc2ccc(F)cc2)n1C[C@H]1CCCO1)C(=O)C1CCCC1. The van der Waals surface area contributed by atoms with Crippen LogP contribution < -0.4 is 0 Å². The van der Waals surface area contributed by atoms with E-state index >= 15 is 0 Å². The molecule has 9 heteroatoms. The molecule has 7 nitrogen and oxygen atoms in total. The molecule has 2 fully saturated rings. The third-order valence-electron chi connectivity index (χ3n) is 6.81. The fourth-order valence-corrected chi connectivity index (χ4v) is 6.62. The minimum absolute atomic E-state index is 0.0230. The maximum atomic E-state index is 13.4. The van der Waals surface area contributed by atoms with Crippen molar-refractivity contribution in [3.63, 3.8) is 0 Å². The number of nitrogens with zero attached hydrogens (tertiary/aromatic N) is 3. The number of halogens is 1. The predicted octanol–water partition coefficient (Wildman–Crippen LogP) is 4.35. The van der Waals surface area contributed by atoms with Crippen molar-refractivity contribution in [2.75, 3.05) is 13.2 Å². The molecule has 1 aromatic carbocycles. The second-order valence-electron chi connectivity index (χ2n) is 10.3. The van der Waals surface area contributed by atoms with Crippen molar-refractivity contribution in [2.24, 2.45) is 11.8 Å². The molecule has 1 aliphatic heterocycles. The lowest BCUT2D eigenvalue weighted by atomic mass is 10.1. The minimum Gasteiger partial charge on any atom is -0.376 e. The molecule has 2 heterocycles. The quantitative estimate of drug-likeness (QED) is 0.480. The lowest BCUT2D eigenvalue weighted by Gasteiger charge is -2.28. The van der Waals surface area contributed by atoms with Crippen LogP contribution in [0, 0.1) is 17.7 Å². The molecule has 192 valence electrons. The number of rotatable bonds is 10. The van der Waals surface area contributed by atoms with Crippen LogP contribution in [0.2, 0.25) is 0 Å². The molecule has 35 heavy (non-hydrogen) atoms. The number of hydrogen-bond acceptors (Lipinski definition) is 5. The zero-order chi connectivity index (χ0) is 25.0. The Bertz CT molecular complexity index is 1100. The average Bonchev–Trinajstić information content (AvgIpc) is 3.57. The van der Waals surface area contributed by atoms with Gasteiger partial charge in [0.2, 0.25) is 20.9 Å². The molecular formula is C26H36FN3O4S. The van der Waals surface area contributed by atoms with Crippen LogP contribution in [0.25, 0.3) is 0 Å². The molecule has 1 saturated heterocycles. The Hall–Kier alpha value is -2.26. The van der Waals surface area contributed by atoms with E-state index in [1.807, 2.05) is 4.90 Å². The van der Waals surface area contributed by atoms with Crippen LogP contribution in [0.5, 0.6) is 0 Å². The monoisotopic (exact) mass is 505 g/mol. The van der Waals surface area contributed by atoms with E-state index < -0.39 is 15.7 Å². The highest BCUT2D eigenvalue weighted by atomic mass is 32.2. The van der Waals surface area contributed by atoms with E-state index in [2.05, 4.69) is 18.8 Å². The van der Waals surface area contributed by atoms with Gasteiger partial charge in [0.25, 0.3) is 0 Å². The summed E-state index contributed by atoms with van der Waals surface area (Å²) in [5.41, 5.74) is 1.20. The molecule has 0 radical (unpaired) electrons. The molecule has 1 amide bonds. The summed E-state index contributed by atoms with van der Waals surface area (Å²) < 4.78 is 47.7. The number of imidazole rings is 1. The molecule has 2 aromatic rings. The van der Waals surface area contributed by atoms with Crippen molar-refractivity contribution in [1.29, 1.82) is 0 Å². The van der Waals surface area contributed by atoms with Crippen molar-refractivity contribution in [2.45, 2.75) is 82.5 Å². The van der Waals surface area contributed by atoms with Gasteiger partial charge in [-0.25, -0.2) is 17.8 Å². The van der Waals surface area contributed by atoms with Crippen molar-refractivity contribution in [3.05, 3.63) is 47.5 Å². The Kier molecular flexibility index (Phi) is 8.27. The van der Waals surface area contributed by atoms with E-state index in [0.29, 0.717) is 37.5 Å². The Morgan fingerprint density at radius 1 is 1.17 bits per heavy atom. The highest BCUT2D eigenvalue weighted by molar-refractivity contribution is 7.90. The molecular weight excluding hydrogens is 469 g/mol. The van der Waals surface area contributed by atoms with Gasteiger partial charge in [0.15, 0.2) is 0 Å². The number of ether oxygens (including phenoxy) is 1. The largest absolute Gasteiger partial charge is 0.376 e. The van der Waals surface area contributed by atoms with Gasteiger partial charge in [0.1, 0.15) is 5.82 Å². The Balaban J connectivity index is 1.63. The van der Waals surface area contributed by atoms with Gasteiger partial charge in [-0.3, -0.25) is 4.79 Å². The van der Waals surface area contributed by atoms with Gasteiger partial charge in [-0.2, -0.15) is 0 Å². The molecule has 0 bridgehead atoms. The third kappa shape index (κ3) is 6.50. The number of benzene rings is 1. The zero-order valence-corrected chi connectivity index (χ0v) is 21.5. The van der Waals surface area contributed by atoms with Gasteiger partial charge >= 0.3 is 0 Å². The van der Waals surface area contributed by atoms with Crippen molar-refractivity contribution in [1.82, 2.24) is 14.5 Å². The van der Waals surface area contributed by atoms with Gasteiger partial charge < -0.3 is 14.2 Å². The van der Waals surface area contributed by atoms with Crippen LogP contribution >= 0.6 is 0 Å². The first-order valence-corrected chi connectivity index (χ1v) is 14.3. The molecule has 0 unspecified atom stereocenters. The van der Waals surface area contributed by atoms with Crippen LogP contribution in [-0.2, 0) is 38.2 Å². The van der Waals surface area contributed by atoms with Crippen molar-refractivity contribution >= 4 is 15.7 Å². The normalized spacial score (nSPS) is 19.0. The van der Waals surface area contributed by atoms with Crippen molar-refractivity contribution < 1.29 is 22.3 Å². The van der Waals surface area contributed by atoms with Crippen LogP contribution in [0.1, 0.15) is 63.6 Å². The Labute approximate surface area is 207 Å². The molecule has 1 saturated carbocycles. The summed E-state index contributed by atoms with van der Waals surface area (Å²) in [6, 6.07) is 5.47. The van der Waals surface area contributed by atoms with E-state index in [1.54, 1.807) is 10.8 Å². The van der Waals surface area contributed by atoms with E-state index in [1.165, 1.54) is 24.3 Å². The van der Waals surface area contributed by atoms with Gasteiger partial charge in [0.05, 0.1) is 36.8 Å². The smallest absolute Gasteiger partial charge is 0.228 e. The van der Waals surface area contributed by atoms with Crippen LogP contribution in [0.4, 0.5) is 4.39 Å². The number of aromatic nitrogens is 2.